The molecular formula is C33H45ClN6O5S. The summed E-state index contributed by atoms with van der Waals surface area (Å²) in [6, 6.07) is 1.89. The molecule has 13 heteroatoms. The Kier molecular flexibility index (Phi) is 8.63. The van der Waals surface area contributed by atoms with E-state index in [-0.39, 0.29) is 34.6 Å². The molecule has 0 aromatic carbocycles. The molecule has 1 atom stereocenters. The third kappa shape index (κ3) is 6.49. The third-order valence-electron chi connectivity index (χ3n) is 10.3. The molecule has 46 heavy (non-hydrogen) atoms. The Balaban J connectivity index is 1.17. The molecule has 2 N–H and O–H groups in total. The Morgan fingerprint density at radius 3 is 2.22 bits per heavy atom. The van der Waals surface area contributed by atoms with Crippen molar-refractivity contribution in [2.24, 2.45) is 16.7 Å². The second-order valence-corrected chi connectivity index (χ2v) is 16.4. The van der Waals surface area contributed by atoms with Crippen molar-refractivity contribution in [1.29, 1.82) is 0 Å². The summed E-state index contributed by atoms with van der Waals surface area (Å²) < 4.78 is 10.8. The molecule has 6 rings (SSSR count). The minimum absolute atomic E-state index is 0.0161. The topological polar surface area (TPSA) is 130 Å². The molecule has 11 nitrogen and oxygen atoms in total. The number of nitrogens with one attached hydrogen (secondary N) is 1. The number of amides is 1. The van der Waals surface area contributed by atoms with Crippen molar-refractivity contribution >= 4 is 47.1 Å². The van der Waals surface area contributed by atoms with Gasteiger partial charge in [-0.05, 0) is 90.0 Å². The number of esters is 1. The fourth-order valence-electron chi connectivity index (χ4n) is 7.38. The van der Waals surface area contributed by atoms with Crippen molar-refractivity contribution in [1.82, 2.24) is 20.3 Å². The number of piperidine rings is 1. The molecule has 2 aromatic rings. The summed E-state index contributed by atoms with van der Waals surface area (Å²) in [5.74, 6) is 0.753. The van der Waals surface area contributed by atoms with Crippen LogP contribution < -0.4 is 15.1 Å². The average molecular weight is 673 g/mol. The van der Waals surface area contributed by atoms with Crippen LogP contribution >= 0.6 is 23.4 Å². The molecule has 2 aromatic heterocycles. The smallest absolute Gasteiger partial charge is 0.407 e. The van der Waals surface area contributed by atoms with Gasteiger partial charge in [-0.1, -0.05) is 23.4 Å². The highest BCUT2D eigenvalue weighted by molar-refractivity contribution is 7.99. The van der Waals surface area contributed by atoms with E-state index in [0.717, 1.165) is 43.4 Å². The van der Waals surface area contributed by atoms with Crippen molar-refractivity contribution in [3.8, 4) is 0 Å². The van der Waals surface area contributed by atoms with E-state index in [1.165, 1.54) is 18.9 Å². The van der Waals surface area contributed by atoms with Crippen LogP contribution in [0.4, 0.5) is 16.4 Å². The van der Waals surface area contributed by atoms with Crippen LogP contribution in [-0.2, 0) is 9.47 Å². The van der Waals surface area contributed by atoms with Crippen LogP contribution in [0.1, 0.15) is 83.6 Å². The van der Waals surface area contributed by atoms with Crippen molar-refractivity contribution in [2.45, 2.75) is 100 Å². The maximum atomic E-state index is 13.0. The SMILES string of the molecule is COC(=O)c1nc(Sc2ccnc(N3CC(C(C)(C)O)C3)c2Cl)cnc1N1CCC2(CC1)CCC1(CC1)C2NC(=O)OC(C)(C)C. The van der Waals surface area contributed by atoms with Crippen LogP contribution in [-0.4, -0.2) is 82.7 Å². The molecule has 0 bridgehead atoms. The number of ether oxygens (including phenoxy) is 2. The molecule has 1 unspecified atom stereocenters. The van der Waals surface area contributed by atoms with E-state index in [1.807, 2.05) is 40.7 Å². The molecule has 2 aliphatic carbocycles. The molecule has 250 valence electrons. The van der Waals surface area contributed by atoms with E-state index in [4.69, 9.17) is 31.0 Å². The monoisotopic (exact) mass is 672 g/mol. The standard InChI is InChI=1S/C33H45ClN6O5S/c1-30(2,3)45-29(42)38-28-32(8-9-32)10-11-33(28)12-15-39(16-13-33)26-24(27(41)44-6)37-22(17-36-26)46-21-7-14-35-25(23(21)34)40-18-20(19-40)31(4,5)43/h7,14,17,20,28,43H,8-13,15-16,18-19H2,1-6H3,(H,38,42). The van der Waals surface area contributed by atoms with Gasteiger partial charge in [-0.25, -0.2) is 24.5 Å². The van der Waals surface area contributed by atoms with E-state index in [2.05, 4.69) is 20.1 Å². The minimum atomic E-state index is -0.763. The number of nitrogens with zero attached hydrogens (tertiary/aromatic N) is 5. The highest BCUT2D eigenvalue weighted by atomic mass is 35.5. The van der Waals surface area contributed by atoms with E-state index in [1.54, 1.807) is 12.4 Å². The number of methoxy groups -OCH3 is 1. The van der Waals surface area contributed by atoms with Gasteiger partial charge < -0.3 is 29.7 Å². The predicted octanol–water partition coefficient (Wildman–Crippen LogP) is 5.72. The zero-order valence-corrected chi connectivity index (χ0v) is 29.1. The van der Waals surface area contributed by atoms with Crippen LogP contribution in [0.15, 0.2) is 28.4 Å². The van der Waals surface area contributed by atoms with Gasteiger partial charge >= 0.3 is 12.1 Å². The number of hydrogen-bond donors (Lipinski definition) is 2. The fraction of sp³-hybridized carbons (Fsp3) is 0.667. The number of anilines is 2. The summed E-state index contributed by atoms with van der Waals surface area (Å²) in [6.07, 6.45) is 9.22. The van der Waals surface area contributed by atoms with Gasteiger partial charge in [0.1, 0.15) is 16.4 Å². The Labute approximate surface area is 280 Å². The third-order valence-corrected chi connectivity index (χ3v) is 11.7. The largest absolute Gasteiger partial charge is 0.464 e. The molecule has 0 radical (unpaired) electrons. The Morgan fingerprint density at radius 2 is 1.63 bits per heavy atom. The molecule has 2 saturated carbocycles. The lowest BCUT2D eigenvalue weighted by Crippen LogP contribution is -2.56. The van der Waals surface area contributed by atoms with Crippen molar-refractivity contribution < 1.29 is 24.2 Å². The lowest BCUT2D eigenvalue weighted by atomic mass is 9.72. The first-order chi connectivity index (χ1) is 21.6. The Bertz CT molecular complexity index is 1490. The van der Waals surface area contributed by atoms with Gasteiger partial charge in [-0.2, -0.15) is 0 Å². The number of halogens is 1. The quantitative estimate of drug-likeness (QED) is 0.350. The number of hydrogen-bond acceptors (Lipinski definition) is 11. The maximum Gasteiger partial charge on any atom is 0.407 e. The minimum Gasteiger partial charge on any atom is -0.464 e. The van der Waals surface area contributed by atoms with Crippen molar-refractivity contribution in [2.75, 3.05) is 43.1 Å². The summed E-state index contributed by atoms with van der Waals surface area (Å²) in [5, 5.41) is 14.6. The molecule has 4 heterocycles. The van der Waals surface area contributed by atoms with Crippen LogP contribution in [0, 0.1) is 16.7 Å². The molecule has 2 aliphatic heterocycles. The zero-order valence-electron chi connectivity index (χ0n) is 27.6. The number of aliphatic hydroxyl groups is 1. The van der Waals surface area contributed by atoms with Gasteiger partial charge in [0.25, 0.3) is 0 Å². The highest BCUT2D eigenvalue weighted by Crippen LogP contribution is 2.66. The fourth-order valence-corrected chi connectivity index (χ4v) is 8.50. The summed E-state index contributed by atoms with van der Waals surface area (Å²) in [6.45, 7) is 12.0. The van der Waals surface area contributed by atoms with Crippen LogP contribution in [0.3, 0.4) is 0 Å². The van der Waals surface area contributed by atoms with Gasteiger partial charge in [-0.15, -0.1) is 0 Å². The van der Waals surface area contributed by atoms with Gasteiger partial charge in [0.05, 0.1) is 23.9 Å². The summed E-state index contributed by atoms with van der Waals surface area (Å²) >= 11 is 8.12. The highest BCUT2D eigenvalue weighted by Gasteiger charge is 2.63. The second kappa shape index (κ2) is 12.0. The number of carbonyl (C=O) groups is 2. The molecule has 1 amide bonds. The number of alkyl carbamates (subject to hydrolysis) is 1. The normalized spacial score (nSPS) is 22.1. The first-order valence-corrected chi connectivity index (χ1v) is 17.3. The summed E-state index contributed by atoms with van der Waals surface area (Å²) in [5.41, 5.74) is -0.989. The Morgan fingerprint density at radius 1 is 1.00 bits per heavy atom. The maximum absolute atomic E-state index is 13.0. The van der Waals surface area contributed by atoms with Gasteiger partial charge in [0.15, 0.2) is 11.5 Å². The van der Waals surface area contributed by atoms with Crippen LogP contribution in [0.2, 0.25) is 5.02 Å². The molecule has 2 saturated heterocycles. The molecule has 4 fully saturated rings. The first-order valence-electron chi connectivity index (χ1n) is 16.1. The predicted molar refractivity (Wildman–Crippen MR) is 177 cm³/mol. The number of aromatic nitrogens is 3. The van der Waals surface area contributed by atoms with Gasteiger partial charge in [0, 0.05) is 49.2 Å². The Hall–Kier alpha value is -2.83. The summed E-state index contributed by atoms with van der Waals surface area (Å²) in [7, 11) is 1.35. The number of rotatable bonds is 7. The van der Waals surface area contributed by atoms with E-state index in [0.29, 0.717) is 47.9 Å². The number of carbonyl (C=O) groups excluding carboxylic acids is 2. The van der Waals surface area contributed by atoms with E-state index in [9.17, 15) is 14.7 Å². The van der Waals surface area contributed by atoms with Crippen LogP contribution in [0.25, 0.3) is 0 Å². The number of pyridine rings is 1. The average Bonchev–Trinajstić information content (AvgIpc) is 3.69. The van der Waals surface area contributed by atoms with Crippen LogP contribution in [0.5, 0.6) is 0 Å². The van der Waals surface area contributed by atoms with E-state index < -0.39 is 17.2 Å². The first kappa shape index (κ1) is 33.1. The lowest BCUT2D eigenvalue weighted by molar-refractivity contribution is 0.00436. The molecule has 2 spiro atoms. The van der Waals surface area contributed by atoms with Gasteiger partial charge in [0.2, 0.25) is 0 Å². The summed E-state index contributed by atoms with van der Waals surface area (Å²) in [4.78, 5) is 44.7. The van der Waals surface area contributed by atoms with E-state index >= 15 is 0 Å². The molecular weight excluding hydrogens is 628 g/mol. The zero-order chi connectivity index (χ0) is 33.1. The second-order valence-electron chi connectivity index (χ2n) is 15.0. The van der Waals surface area contributed by atoms with Gasteiger partial charge in [-0.3, -0.25) is 0 Å². The lowest BCUT2D eigenvalue weighted by Gasteiger charge is -2.46. The van der Waals surface area contributed by atoms with Crippen molar-refractivity contribution in [3.63, 3.8) is 0 Å². The molecule has 4 aliphatic rings. The van der Waals surface area contributed by atoms with Crippen molar-refractivity contribution in [3.05, 3.63) is 29.2 Å².